The van der Waals surface area contributed by atoms with Crippen molar-refractivity contribution in [3.8, 4) is 16.9 Å². The largest absolute Gasteiger partial charge is 0.490 e. The fourth-order valence-electron chi connectivity index (χ4n) is 4.37. The van der Waals surface area contributed by atoms with E-state index in [1.54, 1.807) is 35.7 Å². The Morgan fingerprint density at radius 1 is 0.886 bits per heavy atom. The molecule has 236 valence electrons. The zero-order valence-electron chi connectivity index (χ0n) is 26.9. The second-order valence-corrected chi connectivity index (χ2v) is 10.7. The Labute approximate surface area is 269 Å². The van der Waals surface area contributed by atoms with E-state index >= 15 is 0 Å². The average Bonchev–Trinajstić information content (AvgIpc) is 3.04. The zero-order chi connectivity index (χ0) is 32.2. The van der Waals surface area contributed by atoms with Gasteiger partial charge < -0.3 is 20.7 Å². The summed E-state index contributed by atoms with van der Waals surface area (Å²) in [4.78, 5) is 26.8. The number of hydrogen-bond acceptors (Lipinski definition) is 5. The van der Waals surface area contributed by atoms with Gasteiger partial charge in [0.15, 0.2) is 0 Å². The standard InChI is InChI=1S/C34H41N3O3S.C3H8/c1-4-6-8-13-25(3)30(20-23-41)36-33(38)27-18-19-31(32(24-27)40-22-21-35-5-2)37-34(39)29-17-12-11-16-28(29)26-14-9-7-10-15-26;1-3-2/h7,9-12,14-20,23-24,35,41H,4-6,8,13,21-22H2,1-3H3,(H,36,38)(H,37,39);3H2,1-2H3/b23-20-,30-25-;. The summed E-state index contributed by atoms with van der Waals surface area (Å²) in [6.07, 6.45) is 7.28. The highest BCUT2D eigenvalue weighted by Crippen LogP contribution is 2.29. The number of unbranched alkanes of at least 4 members (excludes halogenated alkanes) is 2. The Hall–Kier alpha value is -3.81. The first-order valence-electron chi connectivity index (χ1n) is 15.6. The van der Waals surface area contributed by atoms with Crippen LogP contribution in [0.25, 0.3) is 11.1 Å². The second kappa shape index (κ2) is 21.0. The number of anilines is 1. The third-order valence-corrected chi connectivity index (χ3v) is 6.79. The van der Waals surface area contributed by atoms with Crippen molar-refractivity contribution in [3.63, 3.8) is 0 Å². The van der Waals surface area contributed by atoms with Crippen LogP contribution in [0.5, 0.6) is 5.75 Å². The van der Waals surface area contributed by atoms with E-state index in [4.69, 9.17) is 4.74 Å². The summed E-state index contributed by atoms with van der Waals surface area (Å²) in [5.74, 6) is -0.0915. The van der Waals surface area contributed by atoms with Crippen LogP contribution in [0.4, 0.5) is 5.69 Å². The Morgan fingerprint density at radius 2 is 1.59 bits per heavy atom. The van der Waals surface area contributed by atoms with Crippen molar-refractivity contribution >= 4 is 30.1 Å². The molecule has 0 spiro atoms. The fourth-order valence-corrected chi connectivity index (χ4v) is 4.52. The molecule has 3 aromatic carbocycles. The minimum atomic E-state index is -0.259. The highest BCUT2D eigenvalue weighted by Gasteiger charge is 2.17. The number of hydrogen-bond donors (Lipinski definition) is 4. The molecule has 0 aliphatic rings. The predicted octanol–water partition coefficient (Wildman–Crippen LogP) is 9.04. The van der Waals surface area contributed by atoms with E-state index in [-0.39, 0.29) is 11.8 Å². The summed E-state index contributed by atoms with van der Waals surface area (Å²) in [5, 5.41) is 10.9. The van der Waals surface area contributed by atoms with Crippen LogP contribution in [0.2, 0.25) is 0 Å². The van der Waals surface area contributed by atoms with Crippen molar-refractivity contribution in [2.24, 2.45) is 0 Å². The van der Waals surface area contributed by atoms with Crippen molar-refractivity contribution in [1.29, 1.82) is 0 Å². The van der Waals surface area contributed by atoms with Gasteiger partial charge in [0, 0.05) is 23.4 Å². The quantitative estimate of drug-likeness (QED) is 0.0781. The molecule has 0 saturated heterocycles. The van der Waals surface area contributed by atoms with Crippen LogP contribution >= 0.6 is 12.6 Å². The van der Waals surface area contributed by atoms with Crippen molar-refractivity contribution in [2.75, 3.05) is 25.0 Å². The van der Waals surface area contributed by atoms with Gasteiger partial charge in [-0.15, -0.1) is 0 Å². The number of likely N-dealkylation sites (N-methyl/N-ethyl adjacent to an activating group) is 1. The molecule has 0 aliphatic carbocycles. The second-order valence-electron chi connectivity index (χ2n) is 10.4. The van der Waals surface area contributed by atoms with E-state index in [9.17, 15) is 9.59 Å². The zero-order valence-corrected chi connectivity index (χ0v) is 27.8. The highest BCUT2D eigenvalue weighted by atomic mass is 32.1. The molecule has 3 rings (SSSR count). The first-order chi connectivity index (χ1) is 21.4. The molecule has 0 fully saturated rings. The lowest BCUT2D eigenvalue weighted by Gasteiger charge is -2.16. The van der Waals surface area contributed by atoms with Gasteiger partial charge in [-0.1, -0.05) is 95.5 Å². The van der Waals surface area contributed by atoms with Gasteiger partial charge in [-0.25, -0.2) is 0 Å². The minimum Gasteiger partial charge on any atom is -0.490 e. The molecule has 0 radical (unpaired) electrons. The maximum absolute atomic E-state index is 13.5. The van der Waals surface area contributed by atoms with Gasteiger partial charge in [-0.2, -0.15) is 12.6 Å². The Morgan fingerprint density at radius 3 is 2.27 bits per heavy atom. The summed E-state index contributed by atoms with van der Waals surface area (Å²) in [7, 11) is 0. The van der Waals surface area contributed by atoms with Crippen LogP contribution in [0.3, 0.4) is 0 Å². The Bertz CT molecular complexity index is 1370. The fraction of sp³-hybridized carbons (Fsp3) is 0.351. The number of rotatable bonds is 15. The molecule has 6 nitrogen and oxygen atoms in total. The van der Waals surface area contributed by atoms with Gasteiger partial charge in [-0.3, -0.25) is 9.59 Å². The topological polar surface area (TPSA) is 79.5 Å². The van der Waals surface area contributed by atoms with Crippen molar-refractivity contribution in [3.05, 3.63) is 107 Å². The summed E-state index contributed by atoms with van der Waals surface area (Å²) >= 11 is 4.22. The number of amides is 2. The van der Waals surface area contributed by atoms with E-state index in [0.717, 1.165) is 54.6 Å². The number of ether oxygens (including phenoxy) is 1. The van der Waals surface area contributed by atoms with Crippen LogP contribution in [0.1, 0.15) is 87.4 Å². The summed E-state index contributed by atoms with van der Waals surface area (Å²) in [6.45, 7) is 12.3. The molecule has 0 aliphatic heterocycles. The van der Waals surface area contributed by atoms with Gasteiger partial charge in [-0.05, 0) is 78.8 Å². The molecular formula is C37H49N3O3S. The van der Waals surface area contributed by atoms with Crippen LogP contribution in [0, 0.1) is 0 Å². The smallest absolute Gasteiger partial charge is 0.256 e. The maximum Gasteiger partial charge on any atom is 0.256 e. The molecule has 7 heteroatoms. The monoisotopic (exact) mass is 615 g/mol. The van der Waals surface area contributed by atoms with Crippen LogP contribution in [0.15, 0.2) is 95.6 Å². The number of benzene rings is 3. The van der Waals surface area contributed by atoms with E-state index in [1.807, 2.05) is 62.4 Å². The Kier molecular flexibility index (Phi) is 17.4. The molecule has 0 unspecified atom stereocenters. The first-order valence-corrected chi connectivity index (χ1v) is 16.2. The SMILES string of the molecule is CCC.CCCCC/C(C)=C(/C=C\S)NC(=O)c1ccc(NC(=O)c2ccccc2-c2ccccc2)c(OCCNCC)c1. The number of allylic oxidation sites excluding steroid dienone is 2. The van der Waals surface area contributed by atoms with Crippen molar-refractivity contribution in [1.82, 2.24) is 10.6 Å². The van der Waals surface area contributed by atoms with Gasteiger partial charge in [0.25, 0.3) is 11.8 Å². The summed E-state index contributed by atoms with van der Waals surface area (Å²) in [5.41, 5.74) is 5.10. The van der Waals surface area contributed by atoms with Gasteiger partial charge in [0.1, 0.15) is 12.4 Å². The van der Waals surface area contributed by atoms with Crippen LogP contribution in [-0.4, -0.2) is 31.5 Å². The van der Waals surface area contributed by atoms with E-state index in [2.05, 4.69) is 49.4 Å². The third kappa shape index (κ3) is 12.1. The molecular weight excluding hydrogens is 566 g/mol. The van der Waals surface area contributed by atoms with Gasteiger partial charge >= 0.3 is 0 Å². The molecule has 0 saturated carbocycles. The summed E-state index contributed by atoms with van der Waals surface area (Å²) in [6, 6.07) is 22.4. The molecule has 44 heavy (non-hydrogen) atoms. The number of nitrogens with one attached hydrogen (secondary N) is 3. The molecule has 0 heterocycles. The molecule has 2 amide bonds. The summed E-state index contributed by atoms with van der Waals surface area (Å²) < 4.78 is 6.05. The van der Waals surface area contributed by atoms with Crippen molar-refractivity contribution in [2.45, 2.75) is 66.7 Å². The molecule has 0 atom stereocenters. The lowest BCUT2D eigenvalue weighted by atomic mass is 9.99. The maximum atomic E-state index is 13.5. The average molecular weight is 616 g/mol. The molecule has 0 aromatic heterocycles. The van der Waals surface area contributed by atoms with Crippen LogP contribution < -0.4 is 20.7 Å². The van der Waals surface area contributed by atoms with Crippen LogP contribution in [-0.2, 0) is 0 Å². The minimum absolute atomic E-state index is 0.259. The number of carbonyl (C=O) groups excluding carboxylic acids is 2. The lowest BCUT2D eigenvalue weighted by molar-refractivity contribution is 0.0965. The van der Waals surface area contributed by atoms with Gasteiger partial charge in [0.05, 0.1) is 5.69 Å². The van der Waals surface area contributed by atoms with E-state index in [1.165, 1.54) is 6.42 Å². The van der Waals surface area contributed by atoms with E-state index in [0.29, 0.717) is 35.7 Å². The van der Waals surface area contributed by atoms with E-state index < -0.39 is 0 Å². The third-order valence-electron chi connectivity index (χ3n) is 6.64. The Balaban J connectivity index is 0.00000216. The molecule has 3 aromatic rings. The predicted molar refractivity (Wildman–Crippen MR) is 189 cm³/mol. The van der Waals surface area contributed by atoms with Gasteiger partial charge in [0.2, 0.25) is 0 Å². The van der Waals surface area contributed by atoms with Crippen molar-refractivity contribution < 1.29 is 14.3 Å². The first kappa shape index (κ1) is 36.4. The lowest BCUT2D eigenvalue weighted by Crippen LogP contribution is -2.24. The number of carbonyl (C=O) groups is 2. The number of thiol groups is 1. The normalized spacial score (nSPS) is 11.3. The molecule has 0 bridgehead atoms. The molecule has 3 N–H and O–H groups in total. The highest BCUT2D eigenvalue weighted by molar-refractivity contribution is 7.83.